The normalized spacial score (nSPS) is 21.2. The summed E-state index contributed by atoms with van der Waals surface area (Å²) in [6.45, 7) is 3.41. The first-order valence-electron chi connectivity index (χ1n) is 5.45. The molecule has 0 radical (unpaired) electrons. The number of rotatable bonds is 3. The summed E-state index contributed by atoms with van der Waals surface area (Å²) < 4.78 is 9.92. The molecular weight excluding hydrogens is 208 g/mol. The number of aryl methyl sites for hydroxylation is 1. The van der Waals surface area contributed by atoms with Crippen LogP contribution in [0.1, 0.15) is 24.3 Å². The summed E-state index contributed by atoms with van der Waals surface area (Å²) in [5, 5.41) is 3.83. The van der Waals surface area contributed by atoms with Gasteiger partial charge >= 0.3 is 5.97 Å². The van der Waals surface area contributed by atoms with Gasteiger partial charge in [-0.15, -0.1) is 0 Å². The summed E-state index contributed by atoms with van der Waals surface area (Å²) in [6, 6.07) is 1.77. The molecule has 1 fully saturated rings. The van der Waals surface area contributed by atoms with Crippen LogP contribution in [0.4, 0.5) is 0 Å². The Hall–Kier alpha value is -1.36. The van der Waals surface area contributed by atoms with Crippen LogP contribution in [0.15, 0.2) is 10.6 Å². The zero-order chi connectivity index (χ0) is 11.5. The molecule has 0 unspecified atom stereocenters. The molecule has 5 heteroatoms. The Labute approximate surface area is 94.3 Å². The van der Waals surface area contributed by atoms with Crippen molar-refractivity contribution in [1.29, 1.82) is 0 Å². The lowest BCUT2D eigenvalue weighted by atomic mass is 10.2. The van der Waals surface area contributed by atoms with E-state index >= 15 is 0 Å². The van der Waals surface area contributed by atoms with E-state index in [0.29, 0.717) is 6.54 Å². The highest BCUT2D eigenvalue weighted by Gasteiger charge is 2.31. The van der Waals surface area contributed by atoms with E-state index in [1.54, 1.807) is 0 Å². The van der Waals surface area contributed by atoms with Gasteiger partial charge < -0.3 is 9.26 Å². The zero-order valence-electron chi connectivity index (χ0n) is 9.60. The summed E-state index contributed by atoms with van der Waals surface area (Å²) in [7, 11) is 1.43. The predicted molar refractivity (Wildman–Crippen MR) is 56.7 cm³/mol. The second-order valence-corrected chi connectivity index (χ2v) is 4.09. The third-order valence-electron chi connectivity index (χ3n) is 2.87. The minimum atomic E-state index is -0.159. The van der Waals surface area contributed by atoms with Crippen molar-refractivity contribution in [3.8, 4) is 0 Å². The standard InChI is InChI=1S/C11H16N2O3/c1-8-6-9(16-12-8)7-13-5-3-4-10(13)11(14)15-2/h6,10H,3-5,7H2,1-2H3/t10-/m0/s1. The first-order chi connectivity index (χ1) is 7.70. The zero-order valence-corrected chi connectivity index (χ0v) is 9.60. The number of ether oxygens (including phenoxy) is 1. The Kier molecular flexibility index (Phi) is 3.24. The number of esters is 1. The molecule has 1 aliphatic heterocycles. The van der Waals surface area contributed by atoms with Gasteiger partial charge in [-0.3, -0.25) is 9.69 Å². The van der Waals surface area contributed by atoms with Crippen molar-refractivity contribution in [3.05, 3.63) is 17.5 Å². The second-order valence-electron chi connectivity index (χ2n) is 4.09. The maximum atomic E-state index is 11.5. The highest BCUT2D eigenvalue weighted by molar-refractivity contribution is 5.75. The Morgan fingerprint density at radius 3 is 3.19 bits per heavy atom. The first kappa shape index (κ1) is 11.1. The topological polar surface area (TPSA) is 55.6 Å². The fourth-order valence-corrected chi connectivity index (χ4v) is 2.11. The van der Waals surface area contributed by atoms with Gasteiger partial charge in [-0.1, -0.05) is 5.16 Å². The van der Waals surface area contributed by atoms with Crippen molar-refractivity contribution in [2.24, 2.45) is 0 Å². The Morgan fingerprint density at radius 2 is 2.56 bits per heavy atom. The molecule has 0 amide bonds. The molecule has 0 N–H and O–H groups in total. The molecule has 1 aromatic heterocycles. The lowest BCUT2D eigenvalue weighted by Crippen LogP contribution is -2.36. The molecule has 0 saturated carbocycles. The van der Waals surface area contributed by atoms with Gasteiger partial charge in [-0.25, -0.2) is 0 Å². The van der Waals surface area contributed by atoms with Crippen molar-refractivity contribution >= 4 is 5.97 Å². The van der Waals surface area contributed by atoms with Crippen LogP contribution in [0.25, 0.3) is 0 Å². The predicted octanol–water partition coefficient (Wildman–Crippen LogP) is 1.12. The molecule has 0 bridgehead atoms. The number of hydrogen-bond acceptors (Lipinski definition) is 5. The van der Waals surface area contributed by atoms with Crippen LogP contribution in [0.3, 0.4) is 0 Å². The number of likely N-dealkylation sites (tertiary alicyclic amines) is 1. The maximum absolute atomic E-state index is 11.5. The van der Waals surface area contributed by atoms with E-state index in [0.717, 1.165) is 30.8 Å². The van der Waals surface area contributed by atoms with Crippen LogP contribution in [0.2, 0.25) is 0 Å². The smallest absolute Gasteiger partial charge is 0.323 e. The highest BCUT2D eigenvalue weighted by Crippen LogP contribution is 2.21. The molecule has 16 heavy (non-hydrogen) atoms. The van der Waals surface area contributed by atoms with Crippen molar-refractivity contribution in [1.82, 2.24) is 10.1 Å². The largest absolute Gasteiger partial charge is 0.468 e. The third-order valence-corrected chi connectivity index (χ3v) is 2.87. The Balaban J connectivity index is 2.01. The van der Waals surface area contributed by atoms with Crippen molar-refractivity contribution < 1.29 is 14.1 Å². The van der Waals surface area contributed by atoms with Crippen LogP contribution in [-0.4, -0.2) is 35.7 Å². The number of hydrogen-bond donors (Lipinski definition) is 0. The van der Waals surface area contributed by atoms with E-state index in [4.69, 9.17) is 9.26 Å². The number of methoxy groups -OCH3 is 1. The number of carbonyl (C=O) groups excluding carboxylic acids is 1. The average molecular weight is 224 g/mol. The summed E-state index contributed by atoms with van der Waals surface area (Å²) in [4.78, 5) is 13.6. The minimum absolute atomic E-state index is 0.129. The van der Waals surface area contributed by atoms with E-state index in [9.17, 15) is 4.79 Å². The molecule has 1 atom stereocenters. The third kappa shape index (κ3) is 2.24. The summed E-state index contributed by atoms with van der Waals surface area (Å²) in [5.74, 6) is 0.641. The van der Waals surface area contributed by atoms with Crippen molar-refractivity contribution in [2.75, 3.05) is 13.7 Å². The molecule has 0 spiro atoms. The lowest BCUT2D eigenvalue weighted by molar-refractivity contribution is -0.146. The molecule has 88 valence electrons. The van der Waals surface area contributed by atoms with Crippen LogP contribution >= 0.6 is 0 Å². The second kappa shape index (κ2) is 4.65. The van der Waals surface area contributed by atoms with Gasteiger partial charge in [0.05, 0.1) is 19.3 Å². The van der Waals surface area contributed by atoms with Gasteiger partial charge in [-0.2, -0.15) is 0 Å². The monoisotopic (exact) mass is 224 g/mol. The highest BCUT2D eigenvalue weighted by atomic mass is 16.5. The molecule has 1 aliphatic rings. The lowest BCUT2D eigenvalue weighted by Gasteiger charge is -2.20. The molecule has 2 heterocycles. The fourth-order valence-electron chi connectivity index (χ4n) is 2.11. The van der Waals surface area contributed by atoms with E-state index in [1.807, 2.05) is 13.0 Å². The van der Waals surface area contributed by atoms with Crippen LogP contribution in [-0.2, 0) is 16.1 Å². The number of nitrogens with zero attached hydrogens (tertiary/aromatic N) is 2. The maximum Gasteiger partial charge on any atom is 0.323 e. The van der Waals surface area contributed by atoms with E-state index in [-0.39, 0.29) is 12.0 Å². The van der Waals surface area contributed by atoms with Crippen LogP contribution < -0.4 is 0 Å². The van der Waals surface area contributed by atoms with Gasteiger partial charge in [0.2, 0.25) is 0 Å². The quantitative estimate of drug-likeness (QED) is 0.720. The van der Waals surface area contributed by atoms with Gasteiger partial charge in [0, 0.05) is 6.07 Å². The number of carbonyl (C=O) groups is 1. The summed E-state index contributed by atoms with van der Waals surface area (Å²) in [6.07, 6.45) is 1.88. The van der Waals surface area contributed by atoms with Gasteiger partial charge in [0.1, 0.15) is 6.04 Å². The molecule has 0 aromatic carbocycles. The molecule has 0 aliphatic carbocycles. The van der Waals surface area contributed by atoms with E-state index < -0.39 is 0 Å². The summed E-state index contributed by atoms with van der Waals surface area (Å²) in [5.41, 5.74) is 0.865. The SMILES string of the molecule is COC(=O)[C@@H]1CCCN1Cc1cc(C)no1. The average Bonchev–Trinajstić information content (AvgIpc) is 2.87. The van der Waals surface area contributed by atoms with Gasteiger partial charge in [0.15, 0.2) is 5.76 Å². The van der Waals surface area contributed by atoms with Gasteiger partial charge in [0.25, 0.3) is 0 Å². The Bertz CT molecular complexity index is 375. The molecule has 5 nitrogen and oxygen atoms in total. The van der Waals surface area contributed by atoms with Crippen LogP contribution in [0.5, 0.6) is 0 Å². The van der Waals surface area contributed by atoms with E-state index in [2.05, 4.69) is 10.1 Å². The van der Waals surface area contributed by atoms with Gasteiger partial charge in [-0.05, 0) is 26.3 Å². The number of aromatic nitrogens is 1. The van der Waals surface area contributed by atoms with E-state index in [1.165, 1.54) is 7.11 Å². The molecule has 2 rings (SSSR count). The Morgan fingerprint density at radius 1 is 1.75 bits per heavy atom. The van der Waals surface area contributed by atoms with Crippen molar-refractivity contribution in [2.45, 2.75) is 32.4 Å². The fraction of sp³-hybridized carbons (Fsp3) is 0.636. The molecule has 1 aromatic rings. The van der Waals surface area contributed by atoms with Crippen LogP contribution in [0, 0.1) is 6.92 Å². The summed E-state index contributed by atoms with van der Waals surface area (Å²) >= 11 is 0. The first-order valence-corrected chi connectivity index (χ1v) is 5.45. The minimum Gasteiger partial charge on any atom is -0.468 e. The molecular formula is C11H16N2O3. The molecule has 1 saturated heterocycles. The van der Waals surface area contributed by atoms with Crippen molar-refractivity contribution in [3.63, 3.8) is 0 Å².